The first-order valence-electron chi connectivity index (χ1n) is 5.40. The van der Waals surface area contributed by atoms with Crippen molar-refractivity contribution in [3.63, 3.8) is 0 Å². The number of aromatic nitrogens is 2. The third kappa shape index (κ3) is 2.35. The zero-order valence-electron chi connectivity index (χ0n) is 9.67. The number of rotatable bonds is 5. The molecule has 0 aliphatic carbocycles. The van der Waals surface area contributed by atoms with E-state index in [4.69, 9.17) is 0 Å². The van der Waals surface area contributed by atoms with Crippen LogP contribution in [0.4, 0.5) is 0 Å². The molecular formula is C11H21N3. The lowest BCUT2D eigenvalue weighted by atomic mass is 10.1. The maximum absolute atomic E-state index is 4.40. The normalized spacial score (nSPS) is 13.1. The second kappa shape index (κ2) is 5.15. The molecule has 0 radical (unpaired) electrons. The highest BCUT2D eigenvalue weighted by Crippen LogP contribution is 2.16. The van der Waals surface area contributed by atoms with E-state index in [1.54, 1.807) is 0 Å². The van der Waals surface area contributed by atoms with E-state index < -0.39 is 0 Å². The molecule has 0 saturated heterocycles. The van der Waals surface area contributed by atoms with Crippen LogP contribution < -0.4 is 5.32 Å². The smallest absolute Gasteiger partial charge is 0.0540 e. The van der Waals surface area contributed by atoms with Gasteiger partial charge in [0, 0.05) is 23.8 Å². The predicted molar refractivity (Wildman–Crippen MR) is 59.3 cm³/mol. The number of nitrogens with one attached hydrogen (secondary N) is 1. The van der Waals surface area contributed by atoms with Crippen LogP contribution in [-0.2, 0) is 6.54 Å². The molecule has 0 fully saturated rings. The fraction of sp³-hybridized carbons (Fsp3) is 0.727. The Balaban J connectivity index is 2.74. The lowest BCUT2D eigenvalue weighted by Crippen LogP contribution is -2.13. The van der Waals surface area contributed by atoms with Gasteiger partial charge in [-0.3, -0.25) is 4.68 Å². The second-order valence-electron chi connectivity index (χ2n) is 3.77. The highest BCUT2D eigenvalue weighted by atomic mass is 15.3. The molecule has 80 valence electrons. The van der Waals surface area contributed by atoms with Gasteiger partial charge in [0.25, 0.3) is 0 Å². The Hall–Kier alpha value is -0.830. The largest absolute Gasteiger partial charge is 0.313 e. The van der Waals surface area contributed by atoms with Crippen LogP contribution in [0.25, 0.3) is 0 Å². The third-order valence-corrected chi connectivity index (χ3v) is 2.76. The SMILES string of the molecule is CCCCn1ncc(C(C)NC)c1C. The quantitative estimate of drug-likeness (QED) is 0.781. The molecule has 1 aromatic heterocycles. The summed E-state index contributed by atoms with van der Waals surface area (Å²) >= 11 is 0. The zero-order valence-corrected chi connectivity index (χ0v) is 9.67. The van der Waals surface area contributed by atoms with Crippen molar-refractivity contribution >= 4 is 0 Å². The third-order valence-electron chi connectivity index (χ3n) is 2.76. The number of nitrogens with zero attached hydrogens (tertiary/aromatic N) is 2. The van der Waals surface area contributed by atoms with Crippen LogP contribution in [0.3, 0.4) is 0 Å². The molecule has 3 nitrogen and oxygen atoms in total. The van der Waals surface area contributed by atoms with Gasteiger partial charge in [-0.15, -0.1) is 0 Å². The highest BCUT2D eigenvalue weighted by molar-refractivity contribution is 5.19. The first-order valence-corrected chi connectivity index (χ1v) is 5.40. The maximum Gasteiger partial charge on any atom is 0.0540 e. The molecule has 0 aliphatic heterocycles. The van der Waals surface area contributed by atoms with Gasteiger partial charge in [0.15, 0.2) is 0 Å². The standard InChI is InChI=1S/C11H21N3/c1-5-6-7-14-10(3)11(8-13-14)9(2)12-4/h8-9,12H,5-7H2,1-4H3. The average Bonchev–Trinajstić information content (AvgIpc) is 2.56. The van der Waals surface area contributed by atoms with Crippen molar-refractivity contribution < 1.29 is 0 Å². The average molecular weight is 195 g/mol. The molecule has 3 heteroatoms. The minimum Gasteiger partial charge on any atom is -0.313 e. The van der Waals surface area contributed by atoms with Gasteiger partial charge in [0.2, 0.25) is 0 Å². The molecule has 1 heterocycles. The van der Waals surface area contributed by atoms with Gasteiger partial charge < -0.3 is 5.32 Å². The van der Waals surface area contributed by atoms with Crippen molar-refractivity contribution in [2.45, 2.75) is 46.2 Å². The summed E-state index contributed by atoms with van der Waals surface area (Å²) in [6, 6.07) is 0.394. The van der Waals surface area contributed by atoms with Gasteiger partial charge in [-0.25, -0.2) is 0 Å². The van der Waals surface area contributed by atoms with Crippen molar-refractivity contribution in [1.29, 1.82) is 0 Å². The van der Waals surface area contributed by atoms with E-state index in [0.717, 1.165) is 6.54 Å². The van der Waals surface area contributed by atoms with Crippen molar-refractivity contribution in [2.24, 2.45) is 0 Å². The Morgan fingerprint density at radius 3 is 2.86 bits per heavy atom. The van der Waals surface area contributed by atoms with Crippen LogP contribution in [-0.4, -0.2) is 16.8 Å². The molecule has 1 rings (SSSR count). The Morgan fingerprint density at radius 2 is 2.29 bits per heavy atom. The molecule has 1 atom stereocenters. The fourth-order valence-electron chi connectivity index (χ4n) is 1.57. The Morgan fingerprint density at radius 1 is 1.57 bits per heavy atom. The van der Waals surface area contributed by atoms with Crippen LogP contribution >= 0.6 is 0 Å². The Bertz CT molecular complexity index is 278. The first-order chi connectivity index (χ1) is 6.70. The zero-order chi connectivity index (χ0) is 10.6. The van der Waals surface area contributed by atoms with Gasteiger partial charge in [-0.05, 0) is 27.3 Å². The summed E-state index contributed by atoms with van der Waals surface area (Å²) in [4.78, 5) is 0. The summed E-state index contributed by atoms with van der Waals surface area (Å²) in [5.41, 5.74) is 2.60. The monoisotopic (exact) mass is 195 g/mol. The summed E-state index contributed by atoms with van der Waals surface area (Å²) in [6.45, 7) is 7.55. The highest BCUT2D eigenvalue weighted by Gasteiger charge is 2.10. The van der Waals surface area contributed by atoms with Crippen LogP contribution in [0.5, 0.6) is 0 Å². The minimum atomic E-state index is 0.394. The van der Waals surface area contributed by atoms with Crippen LogP contribution in [0, 0.1) is 6.92 Å². The molecule has 1 unspecified atom stereocenters. The van der Waals surface area contributed by atoms with Gasteiger partial charge in [-0.1, -0.05) is 13.3 Å². The molecule has 1 aromatic rings. The molecule has 0 spiro atoms. The Kier molecular flexibility index (Phi) is 4.14. The first kappa shape index (κ1) is 11.2. The summed E-state index contributed by atoms with van der Waals surface area (Å²) in [5, 5.41) is 7.64. The number of hydrogen-bond donors (Lipinski definition) is 1. The van der Waals surface area contributed by atoms with Crippen molar-refractivity contribution in [3.8, 4) is 0 Å². The summed E-state index contributed by atoms with van der Waals surface area (Å²) < 4.78 is 2.10. The summed E-state index contributed by atoms with van der Waals surface area (Å²) in [7, 11) is 1.98. The van der Waals surface area contributed by atoms with Crippen LogP contribution in [0.1, 0.15) is 44.0 Å². The van der Waals surface area contributed by atoms with E-state index >= 15 is 0 Å². The van der Waals surface area contributed by atoms with Gasteiger partial charge >= 0.3 is 0 Å². The van der Waals surface area contributed by atoms with Gasteiger partial charge in [0.05, 0.1) is 6.20 Å². The van der Waals surface area contributed by atoms with Crippen molar-refractivity contribution in [2.75, 3.05) is 7.05 Å². The second-order valence-corrected chi connectivity index (χ2v) is 3.77. The lowest BCUT2D eigenvalue weighted by molar-refractivity contribution is 0.555. The minimum absolute atomic E-state index is 0.394. The van der Waals surface area contributed by atoms with Crippen molar-refractivity contribution in [3.05, 3.63) is 17.5 Å². The molecule has 1 N–H and O–H groups in total. The van der Waals surface area contributed by atoms with Crippen LogP contribution in [0.2, 0.25) is 0 Å². The molecule has 0 amide bonds. The maximum atomic E-state index is 4.40. The Labute approximate surface area is 86.5 Å². The van der Waals surface area contributed by atoms with E-state index in [2.05, 4.69) is 35.9 Å². The molecule has 0 saturated carbocycles. The van der Waals surface area contributed by atoms with E-state index in [0.29, 0.717) is 6.04 Å². The van der Waals surface area contributed by atoms with E-state index in [-0.39, 0.29) is 0 Å². The molecule has 0 aliphatic rings. The molecule has 0 aromatic carbocycles. The fourth-order valence-corrected chi connectivity index (χ4v) is 1.57. The number of hydrogen-bond acceptors (Lipinski definition) is 2. The number of aryl methyl sites for hydroxylation is 1. The van der Waals surface area contributed by atoms with E-state index in [1.165, 1.54) is 24.1 Å². The van der Waals surface area contributed by atoms with Gasteiger partial charge in [0.1, 0.15) is 0 Å². The molecular weight excluding hydrogens is 174 g/mol. The summed E-state index contributed by atoms with van der Waals surface area (Å²) in [6.07, 6.45) is 4.40. The molecule has 14 heavy (non-hydrogen) atoms. The summed E-state index contributed by atoms with van der Waals surface area (Å²) in [5.74, 6) is 0. The van der Waals surface area contributed by atoms with E-state index in [1.807, 2.05) is 13.2 Å². The predicted octanol–water partition coefficient (Wildman–Crippen LogP) is 2.27. The van der Waals surface area contributed by atoms with Gasteiger partial charge in [-0.2, -0.15) is 5.10 Å². The lowest BCUT2D eigenvalue weighted by Gasteiger charge is -2.10. The number of unbranched alkanes of at least 4 members (excludes halogenated alkanes) is 1. The molecule has 0 bridgehead atoms. The van der Waals surface area contributed by atoms with Crippen LogP contribution in [0.15, 0.2) is 6.20 Å². The van der Waals surface area contributed by atoms with E-state index in [9.17, 15) is 0 Å². The van der Waals surface area contributed by atoms with Crippen molar-refractivity contribution in [1.82, 2.24) is 15.1 Å². The topological polar surface area (TPSA) is 29.9 Å².